The Labute approximate surface area is 1520 Å². The normalized spacial score (nSPS) is 4.30. The van der Waals surface area contributed by atoms with Gasteiger partial charge in [-0.1, -0.05) is 215 Å². The molecular formula is C50H164O14Y35-2. The van der Waals surface area contributed by atoms with E-state index < -0.39 is 87.7 Å². The van der Waals surface area contributed by atoms with Gasteiger partial charge in [-0.25, -0.2) is 0 Å². The summed E-state index contributed by atoms with van der Waals surface area (Å²) in [6.07, 6.45) is 0. The van der Waals surface area contributed by atoms with Crippen LogP contribution in [0, 0.1) is 36.5 Å². The minimum atomic E-state index is -1.16. The summed E-state index contributed by atoms with van der Waals surface area (Å²) in [5.41, 5.74) is -4.14. The van der Waals surface area contributed by atoms with Crippen LogP contribution >= 0.6 is 0 Å². The van der Waals surface area contributed by atoms with Crippen LogP contribution in [0.4, 0.5) is 0 Å². The van der Waals surface area contributed by atoms with Crippen LogP contribution in [0.15, 0.2) is 0 Å². The van der Waals surface area contributed by atoms with Crippen molar-refractivity contribution >= 4 is 0 Å². The predicted octanol–water partition coefficient (Wildman–Crippen LogP) is 12.5. The van der Waals surface area contributed by atoms with Gasteiger partial charge in [-0.2, -0.15) is 0 Å². The summed E-state index contributed by atoms with van der Waals surface area (Å²) < 4.78 is 5.15. The molecule has 0 atom stereocenters. The SMILES string of the molecule is C.C.C.C.C.C.C.C.C.C.C.C.C.C.C.C.C.C.C.C.C.C.C.C.C.C.C.C.CC(CO)(CO)CO.OCC(CO)(CO)CO.OCC(CO)(CO)COCC(CO)(CO)CO.[CH3-].[CH3-].[Y].[Y].[Y].[Y].[Y].[Y].[Y].[Y].[Y].[Y].[Y].[Y].[Y].[Y].[Y].[Y].[Y].[Y].[Y].[Y].[Y].[Y].[Y].[Y].[Y].[Y].[Y].[Y].[Y].[Y].[Y].[Y].[Y].[Y].[Y]. The molecule has 35 radical (unpaired) electrons. The first-order chi connectivity index (χ1) is 16.0. The van der Waals surface area contributed by atoms with E-state index in [0.29, 0.717) is 0 Å². The van der Waals surface area contributed by atoms with Gasteiger partial charge in [0.25, 0.3) is 0 Å². The van der Waals surface area contributed by atoms with Crippen molar-refractivity contribution in [1.82, 2.24) is 0 Å². The molecule has 0 rings (SSSR count). The van der Waals surface area contributed by atoms with Crippen molar-refractivity contribution in [3.8, 4) is 0 Å². The van der Waals surface area contributed by atoms with Crippen LogP contribution in [0.25, 0.3) is 0 Å². The zero-order valence-electron chi connectivity index (χ0n) is 42.0. The molecule has 13 N–H and O–H groups in total. The molecule has 0 saturated heterocycles. The van der Waals surface area contributed by atoms with Crippen LogP contribution in [-0.2, 0) is 1150 Å². The van der Waals surface area contributed by atoms with Gasteiger partial charge in [0.1, 0.15) is 0 Å². The summed E-state index contributed by atoms with van der Waals surface area (Å²) in [5.74, 6) is 0. The Hall–Kier alpha value is 38.1. The van der Waals surface area contributed by atoms with Crippen LogP contribution in [0.2, 0.25) is 0 Å². The molecule has 0 aromatic heterocycles. The Morgan fingerprint density at radius 2 is 0.222 bits per heavy atom. The second kappa shape index (κ2) is 407. The summed E-state index contributed by atoms with van der Waals surface area (Å²) in [7, 11) is 0. The van der Waals surface area contributed by atoms with Crippen LogP contribution in [0.3, 0.4) is 0 Å². The first kappa shape index (κ1) is 532. The number of aliphatic hydroxyl groups excluding tert-OH is 13. The third kappa shape index (κ3) is 338. The number of ether oxygens (including phenoxy) is 1. The number of aliphatic hydroxyl groups is 13. The number of hydrogen-bond acceptors (Lipinski definition) is 14. The third-order valence-corrected chi connectivity index (χ3v) is 5.32. The minimum absolute atomic E-state index is 0. The molecule has 0 aliphatic rings. The van der Waals surface area contributed by atoms with Crippen molar-refractivity contribution in [1.29, 1.82) is 0 Å². The molecular weight excluding hydrogens is 3940 g/mol. The Kier molecular flexibility index (Phi) is 2190. The summed E-state index contributed by atoms with van der Waals surface area (Å²) in [6, 6.07) is 0. The Balaban J connectivity index is -0.00000000170. The van der Waals surface area contributed by atoms with Crippen LogP contribution in [0.1, 0.15) is 215 Å². The fourth-order valence-corrected chi connectivity index (χ4v) is 1.51. The van der Waals surface area contributed by atoms with Gasteiger partial charge in [0.2, 0.25) is 0 Å². The summed E-state index contributed by atoms with van der Waals surface area (Å²) in [6.45, 7) is -3.57. The predicted molar refractivity (Wildman–Crippen MR) is 320 cm³/mol. The van der Waals surface area contributed by atoms with Gasteiger partial charge in [-0.3, -0.25) is 0 Å². The molecule has 99 heavy (non-hydrogen) atoms. The van der Waals surface area contributed by atoms with E-state index in [-0.39, 0.29) is 1400 Å². The van der Waals surface area contributed by atoms with Gasteiger partial charge in [0, 0.05) is 1150 Å². The largest absolute Gasteiger partial charge is 0.396 e. The van der Waals surface area contributed by atoms with Crippen LogP contribution < -0.4 is 0 Å². The molecule has 0 spiro atoms. The maximum atomic E-state index is 9.03. The maximum Gasteiger partial charge on any atom is 0.0629 e. The number of rotatable bonds is 17. The molecule has 0 aliphatic heterocycles. The quantitative estimate of drug-likeness (QED) is 0.0604. The van der Waals surface area contributed by atoms with Crippen LogP contribution in [0.5, 0.6) is 0 Å². The van der Waals surface area contributed by atoms with E-state index in [1.54, 1.807) is 6.92 Å². The molecule has 0 heterocycles. The van der Waals surface area contributed by atoms with E-state index in [1.807, 2.05) is 0 Å². The summed E-state index contributed by atoms with van der Waals surface area (Å²) in [5, 5.41) is 114. The molecule has 0 bridgehead atoms. The minimum Gasteiger partial charge on any atom is -0.396 e. The zero-order chi connectivity index (χ0) is 27.3. The molecule has 0 fully saturated rings. The average molecular weight is 4100 g/mol. The van der Waals surface area contributed by atoms with Crippen molar-refractivity contribution in [3.63, 3.8) is 0 Å². The maximum absolute atomic E-state index is 9.03. The second-order valence-corrected chi connectivity index (χ2v) is 8.86. The first-order valence-corrected chi connectivity index (χ1v) is 10.5. The summed E-state index contributed by atoms with van der Waals surface area (Å²) >= 11 is 0. The van der Waals surface area contributed by atoms with E-state index in [9.17, 15) is 0 Å². The molecule has 0 unspecified atom stereocenters. The van der Waals surface area contributed by atoms with Gasteiger partial charge >= 0.3 is 0 Å². The molecule has 49 heteroatoms. The zero-order valence-corrected chi connectivity index (χ0v) is 141. The van der Waals surface area contributed by atoms with Crippen molar-refractivity contribution in [2.75, 3.05) is 99.1 Å². The van der Waals surface area contributed by atoms with Crippen molar-refractivity contribution in [3.05, 3.63) is 14.9 Å². The third-order valence-electron chi connectivity index (χ3n) is 5.32. The Morgan fingerprint density at radius 1 is 0.152 bits per heavy atom. The Bertz CT molecular complexity index is 481. The van der Waals surface area contributed by atoms with Gasteiger partial charge in [-0.15, -0.1) is 0 Å². The molecule has 0 aliphatic carbocycles. The molecule has 0 saturated carbocycles. The average Bonchev–Trinajstić information content (AvgIpc) is 2.91. The first-order valence-electron chi connectivity index (χ1n) is 10.5. The molecule has 0 aromatic rings. The van der Waals surface area contributed by atoms with Gasteiger partial charge in [-0.05, 0) is 0 Å². The monoisotopic (exact) mass is 4100 g/mol. The van der Waals surface area contributed by atoms with Crippen molar-refractivity contribution < 1.29 is 1220 Å². The second-order valence-electron chi connectivity index (χ2n) is 8.86. The smallest absolute Gasteiger partial charge is 0.0629 e. The fraction of sp³-hybridized carbons (Fsp3) is 0.960. The summed E-state index contributed by atoms with van der Waals surface area (Å²) in [4.78, 5) is 0. The van der Waals surface area contributed by atoms with Crippen molar-refractivity contribution in [2.24, 2.45) is 21.7 Å². The number of hydrogen-bond donors (Lipinski definition) is 13. The van der Waals surface area contributed by atoms with Crippen LogP contribution in [-0.4, -0.2) is 165 Å². The standard InChI is InChI=1S/C10H22O7.C5H12O4.C5H12O3.28CH4.2CH3.35Y/c11-1-9(2-12,3-13)7-17-8-10(4-14,5-15)6-16;6-1-5(2-7,3-8)4-9;1-5(2-6,3-7)4-8;;;;;;;;;;;;;;;;;;;;;;;;;;;;;;;;;;;;;;;;;;;;;;;;;;;;;;;;;;;;;;;;;/h11-16H,1-8H2;6-9H,1-4H2;6-8H,2-4H2,1H3;28*1H4;2*1H3;;;;;;;;;;;;;;;;;;;;;;;;;;;;;;;;;;;/q;;;;;;;;;;;;;;;;;;;;;;;;;;;;;;;2*-1;;;;;;;;;;;;;;;;;;;;;;;;;;;;;;;;;;;. The van der Waals surface area contributed by atoms with E-state index in [1.165, 1.54) is 0 Å². The van der Waals surface area contributed by atoms with E-state index in [4.69, 9.17) is 71.1 Å². The van der Waals surface area contributed by atoms with E-state index in [2.05, 4.69) is 0 Å². The van der Waals surface area contributed by atoms with Gasteiger partial charge in [0.05, 0.1) is 115 Å². The van der Waals surface area contributed by atoms with Crippen molar-refractivity contribution in [2.45, 2.75) is 215 Å². The molecule has 555 valence electrons. The van der Waals surface area contributed by atoms with E-state index >= 15 is 0 Å². The topological polar surface area (TPSA) is 272 Å². The fourth-order valence-electron chi connectivity index (χ4n) is 1.51. The van der Waals surface area contributed by atoms with E-state index in [0.717, 1.165) is 0 Å². The Morgan fingerprint density at radius 3 is 0.253 bits per heavy atom. The molecule has 0 amide bonds. The molecule has 0 aromatic carbocycles. The van der Waals surface area contributed by atoms with Gasteiger partial charge < -0.3 is 86.0 Å². The molecule has 14 nitrogen and oxygen atoms in total. The van der Waals surface area contributed by atoms with Gasteiger partial charge in [0.15, 0.2) is 0 Å².